The van der Waals surface area contributed by atoms with Crippen LogP contribution in [0.25, 0.3) is 11.1 Å². The summed E-state index contributed by atoms with van der Waals surface area (Å²) in [6, 6.07) is 4.36. The summed E-state index contributed by atoms with van der Waals surface area (Å²) in [6.07, 6.45) is -9.73. The van der Waals surface area contributed by atoms with E-state index in [4.69, 9.17) is 0 Å². The lowest BCUT2D eigenvalue weighted by molar-refractivity contribution is -0.139. The predicted molar refractivity (Wildman–Crippen MR) is 71.3 cm³/mol. The van der Waals surface area contributed by atoms with Gasteiger partial charge >= 0.3 is 12.4 Å². The Morgan fingerprint density at radius 3 is 1.91 bits per heavy atom. The van der Waals surface area contributed by atoms with Crippen molar-refractivity contribution in [3.63, 3.8) is 0 Å². The molecule has 23 heavy (non-hydrogen) atoms. The molecule has 0 amide bonds. The van der Waals surface area contributed by atoms with Crippen molar-refractivity contribution in [1.29, 1.82) is 0 Å². The maximum atomic E-state index is 13.7. The molecule has 0 heterocycles. The summed E-state index contributed by atoms with van der Waals surface area (Å²) < 4.78 is 91.8. The molecular weight excluding hydrogens is 325 g/mol. The smallest absolute Gasteiger partial charge is 0.206 e. The van der Waals surface area contributed by atoms with Gasteiger partial charge in [-0.25, -0.2) is 4.39 Å². The normalized spacial score (nSPS) is 12.6. The number of benzene rings is 2. The summed E-state index contributed by atoms with van der Waals surface area (Å²) in [6.45, 7) is 2.63. The van der Waals surface area contributed by atoms with Gasteiger partial charge in [-0.2, -0.15) is 26.3 Å². The molecular formula is C16H11F7. The molecule has 0 aliphatic rings. The van der Waals surface area contributed by atoms with Crippen LogP contribution in [0.3, 0.4) is 0 Å². The van der Waals surface area contributed by atoms with Gasteiger partial charge in [0.25, 0.3) is 0 Å². The average molecular weight is 336 g/mol. The third kappa shape index (κ3) is 3.48. The van der Waals surface area contributed by atoms with Crippen LogP contribution >= 0.6 is 0 Å². The zero-order chi connectivity index (χ0) is 17.6. The molecule has 124 valence electrons. The Morgan fingerprint density at radius 1 is 0.783 bits per heavy atom. The average Bonchev–Trinajstić information content (AvgIpc) is 2.38. The molecule has 0 saturated heterocycles. The van der Waals surface area contributed by atoms with E-state index in [9.17, 15) is 30.7 Å². The number of alkyl halides is 6. The molecule has 0 saturated carbocycles. The molecule has 7 heteroatoms. The molecule has 0 aliphatic carbocycles. The van der Waals surface area contributed by atoms with Crippen molar-refractivity contribution < 1.29 is 30.7 Å². The Bertz CT molecular complexity index is 739. The van der Waals surface area contributed by atoms with Gasteiger partial charge in [0.1, 0.15) is 5.82 Å². The Hall–Kier alpha value is -2.05. The minimum atomic E-state index is -5.02. The van der Waals surface area contributed by atoms with E-state index in [2.05, 4.69) is 0 Å². The topological polar surface area (TPSA) is 0 Å². The van der Waals surface area contributed by atoms with Crippen molar-refractivity contribution in [3.05, 3.63) is 58.4 Å². The maximum Gasteiger partial charge on any atom is 0.419 e. The number of halogens is 7. The van der Waals surface area contributed by atoms with Crippen LogP contribution in [0.15, 0.2) is 30.3 Å². The zero-order valence-corrected chi connectivity index (χ0v) is 12.0. The monoisotopic (exact) mass is 336 g/mol. The third-order valence-electron chi connectivity index (χ3n) is 3.34. The highest BCUT2D eigenvalue weighted by molar-refractivity contribution is 5.73. The summed E-state index contributed by atoms with van der Waals surface area (Å²) in [5.41, 5.74) is -3.36. The van der Waals surface area contributed by atoms with E-state index in [-0.39, 0.29) is 16.7 Å². The fourth-order valence-corrected chi connectivity index (χ4v) is 2.42. The molecule has 2 aromatic carbocycles. The molecule has 0 nitrogen and oxygen atoms in total. The summed E-state index contributed by atoms with van der Waals surface area (Å²) in [7, 11) is 0. The van der Waals surface area contributed by atoms with Crippen LogP contribution in [-0.4, -0.2) is 0 Å². The van der Waals surface area contributed by atoms with Crippen LogP contribution in [0, 0.1) is 19.7 Å². The Morgan fingerprint density at radius 2 is 1.39 bits per heavy atom. The SMILES string of the molecule is Cc1cc(-c2c(C)ccc(F)c2C(F)(F)F)cc(C(F)(F)F)c1. The van der Waals surface area contributed by atoms with Gasteiger partial charge in [-0.3, -0.25) is 0 Å². The Balaban J connectivity index is 2.83. The molecule has 0 unspecified atom stereocenters. The number of hydrogen-bond donors (Lipinski definition) is 0. The van der Waals surface area contributed by atoms with Gasteiger partial charge < -0.3 is 0 Å². The highest BCUT2D eigenvalue weighted by Gasteiger charge is 2.38. The predicted octanol–water partition coefficient (Wildman–Crippen LogP) is 6.15. The van der Waals surface area contributed by atoms with E-state index in [0.29, 0.717) is 12.1 Å². The maximum absolute atomic E-state index is 13.7. The van der Waals surface area contributed by atoms with Crippen molar-refractivity contribution in [2.75, 3.05) is 0 Å². The molecule has 2 rings (SSSR count). The van der Waals surface area contributed by atoms with Gasteiger partial charge in [-0.1, -0.05) is 12.1 Å². The lowest BCUT2D eigenvalue weighted by Crippen LogP contribution is -2.12. The molecule has 0 radical (unpaired) electrons. The first-order valence-corrected chi connectivity index (χ1v) is 6.47. The first kappa shape index (κ1) is 17.3. The summed E-state index contributed by atoms with van der Waals surface area (Å²) >= 11 is 0. The van der Waals surface area contributed by atoms with Crippen LogP contribution in [0.5, 0.6) is 0 Å². The quantitative estimate of drug-likeness (QED) is 0.548. The number of hydrogen-bond acceptors (Lipinski definition) is 0. The largest absolute Gasteiger partial charge is 0.419 e. The Labute approximate surface area is 127 Å². The van der Waals surface area contributed by atoms with Crippen molar-refractivity contribution in [2.45, 2.75) is 26.2 Å². The molecule has 0 fully saturated rings. The van der Waals surface area contributed by atoms with Gasteiger partial charge in [0.15, 0.2) is 0 Å². The van der Waals surface area contributed by atoms with Gasteiger partial charge in [0.2, 0.25) is 0 Å². The second-order valence-corrected chi connectivity index (χ2v) is 5.20. The fraction of sp³-hybridized carbons (Fsp3) is 0.250. The Kier molecular flexibility index (Phi) is 4.17. The summed E-state index contributed by atoms with van der Waals surface area (Å²) in [4.78, 5) is 0. The van der Waals surface area contributed by atoms with Crippen LogP contribution in [0.1, 0.15) is 22.3 Å². The lowest BCUT2D eigenvalue weighted by Gasteiger charge is -2.18. The summed E-state index contributed by atoms with van der Waals surface area (Å²) in [5, 5.41) is 0. The van der Waals surface area contributed by atoms with Crippen molar-refractivity contribution >= 4 is 0 Å². The van der Waals surface area contributed by atoms with Gasteiger partial charge in [-0.15, -0.1) is 0 Å². The number of rotatable bonds is 1. The molecule has 0 bridgehead atoms. The van der Waals surface area contributed by atoms with Crippen LogP contribution in [0.2, 0.25) is 0 Å². The van der Waals surface area contributed by atoms with E-state index >= 15 is 0 Å². The van der Waals surface area contributed by atoms with Gasteiger partial charge in [0, 0.05) is 0 Å². The molecule has 0 aliphatic heterocycles. The van der Waals surface area contributed by atoms with E-state index in [0.717, 1.165) is 12.1 Å². The van der Waals surface area contributed by atoms with Crippen LogP contribution < -0.4 is 0 Å². The van der Waals surface area contributed by atoms with Crippen LogP contribution in [-0.2, 0) is 12.4 Å². The fourth-order valence-electron chi connectivity index (χ4n) is 2.42. The van der Waals surface area contributed by atoms with Crippen molar-refractivity contribution in [3.8, 4) is 11.1 Å². The molecule has 2 aromatic rings. The highest BCUT2D eigenvalue weighted by Crippen LogP contribution is 2.42. The zero-order valence-electron chi connectivity index (χ0n) is 12.0. The first-order valence-electron chi connectivity index (χ1n) is 6.47. The van der Waals surface area contributed by atoms with E-state index in [1.807, 2.05) is 0 Å². The first-order chi connectivity index (χ1) is 10.4. The molecule has 0 atom stereocenters. The van der Waals surface area contributed by atoms with Crippen molar-refractivity contribution in [2.24, 2.45) is 0 Å². The second-order valence-electron chi connectivity index (χ2n) is 5.20. The van der Waals surface area contributed by atoms with Crippen molar-refractivity contribution in [1.82, 2.24) is 0 Å². The summed E-state index contributed by atoms with van der Waals surface area (Å²) in [5.74, 6) is -1.52. The molecule has 0 N–H and O–H groups in total. The standard InChI is InChI=1S/C16H11F7/c1-8-5-10(7-11(6-8)15(18,19)20)13-9(2)3-4-12(17)14(13)16(21,22)23/h3-7H,1-2H3. The number of aryl methyl sites for hydroxylation is 2. The lowest BCUT2D eigenvalue weighted by atomic mass is 9.92. The van der Waals surface area contributed by atoms with Crippen LogP contribution in [0.4, 0.5) is 30.7 Å². The van der Waals surface area contributed by atoms with Gasteiger partial charge in [0.05, 0.1) is 11.1 Å². The second kappa shape index (κ2) is 5.54. The third-order valence-corrected chi connectivity index (χ3v) is 3.34. The van der Waals surface area contributed by atoms with E-state index < -0.39 is 34.9 Å². The molecule has 0 aromatic heterocycles. The van der Waals surface area contributed by atoms with Gasteiger partial charge in [-0.05, 0) is 54.3 Å². The highest BCUT2D eigenvalue weighted by atomic mass is 19.4. The minimum Gasteiger partial charge on any atom is -0.206 e. The van der Waals surface area contributed by atoms with E-state index in [1.165, 1.54) is 19.9 Å². The molecule has 0 spiro atoms. The van der Waals surface area contributed by atoms with E-state index in [1.54, 1.807) is 0 Å². The minimum absolute atomic E-state index is 0.0393.